The molecule has 0 unspecified atom stereocenters. The molecule has 1 rings (SSSR count). The molecule has 0 saturated heterocycles. The molecule has 0 aliphatic heterocycles. The fraction of sp³-hybridized carbons (Fsp3) is 0.611. The smallest absolute Gasteiger partial charge is 0.183 e. The number of carbonyl (C=O) groups is 2. The molecule has 0 aromatic carbocycles. The van der Waals surface area contributed by atoms with E-state index in [9.17, 15) is 9.59 Å². The van der Waals surface area contributed by atoms with E-state index in [4.69, 9.17) is 0 Å². The summed E-state index contributed by atoms with van der Waals surface area (Å²) in [5.74, 6) is 0.294. The molecule has 1 N–H and O–H groups in total. The molecule has 0 aliphatic rings. The van der Waals surface area contributed by atoms with Crippen molar-refractivity contribution in [2.75, 3.05) is 0 Å². The molecule has 1 aromatic rings. The highest BCUT2D eigenvalue weighted by Gasteiger charge is 2.32. The molecular weight excluding hydrogens is 262 g/mol. The second-order valence-electron chi connectivity index (χ2n) is 7.77. The van der Waals surface area contributed by atoms with Crippen molar-refractivity contribution in [2.45, 2.75) is 60.3 Å². The first-order chi connectivity index (χ1) is 9.51. The van der Waals surface area contributed by atoms with Crippen LogP contribution in [0.5, 0.6) is 0 Å². The van der Waals surface area contributed by atoms with E-state index in [0.29, 0.717) is 12.8 Å². The fourth-order valence-corrected chi connectivity index (χ4v) is 2.01. The van der Waals surface area contributed by atoms with Crippen LogP contribution in [0.4, 0.5) is 0 Å². The molecule has 1 aromatic heterocycles. The molecular formula is C18H28NO2+. The normalized spacial score (nSPS) is 12.5. The van der Waals surface area contributed by atoms with Crippen LogP contribution in [-0.2, 0) is 9.59 Å². The van der Waals surface area contributed by atoms with Crippen molar-refractivity contribution < 1.29 is 14.6 Å². The van der Waals surface area contributed by atoms with E-state index in [1.807, 2.05) is 65.9 Å². The maximum atomic E-state index is 12.4. The number of carbonyl (C=O) groups excluding carboxylic acids is 2. The Balaban J connectivity index is 2.97. The van der Waals surface area contributed by atoms with Gasteiger partial charge in [-0.3, -0.25) is 9.59 Å². The van der Waals surface area contributed by atoms with Crippen LogP contribution < -0.4 is 4.98 Å². The van der Waals surface area contributed by atoms with E-state index in [0.717, 1.165) is 5.69 Å². The Kier molecular flexibility index (Phi) is 5.43. The Morgan fingerprint density at radius 3 is 1.76 bits per heavy atom. The van der Waals surface area contributed by atoms with E-state index in [1.54, 1.807) is 0 Å². The second kappa shape index (κ2) is 6.50. The molecule has 1 heterocycles. The van der Waals surface area contributed by atoms with E-state index in [2.05, 4.69) is 4.98 Å². The highest BCUT2D eigenvalue weighted by molar-refractivity contribution is 5.87. The van der Waals surface area contributed by atoms with Crippen molar-refractivity contribution in [1.29, 1.82) is 0 Å². The predicted octanol–water partition coefficient (Wildman–Crippen LogP) is 3.59. The van der Waals surface area contributed by atoms with Crippen LogP contribution in [-0.4, -0.2) is 11.6 Å². The minimum Gasteiger partial charge on any atom is -0.299 e. The molecule has 21 heavy (non-hydrogen) atoms. The number of ketones is 2. The first-order valence-corrected chi connectivity index (χ1v) is 7.55. The van der Waals surface area contributed by atoms with Gasteiger partial charge in [-0.1, -0.05) is 47.6 Å². The molecule has 0 amide bonds. The van der Waals surface area contributed by atoms with Crippen LogP contribution in [0.15, 0.2) is 24.4 Å². The number of H-pyrrole nitrogens is 1. The zero-order valence-corrected chi connectivity index (χ0v) is 14.1. The monoisotopic (exact) mass is 290 g/mol. The second-order valence-corrected chi connectivity index (χ2v) is 7.77. The molecule has 0 bridgehead atoms. The predicted molar refractivity (Wildman–Crippen MR) is 83.9 cm³/mol. The van der Waals surface area contributed by atoms with Crippen molar-refractivity contribution in [3.05, 3.63) is 30.1 Å². The van der Waals surface area contributed by atoms with Gasteiger partial charge < -0.3 is 0 Å². The molecule has 0 spiro atoms. The molecule has 0 aliphatic carbocycles. The zero-order valence-electron chi connectivity index (χ0n) is 14.1. The molecule has 0 radical (unpaired) electrons. The molecule has 116 valence electrons. The van der Waals surface area contributed by atoms with Crippen molar-refractivity contribution in [2.24, 2.45) is 10.8 Å². The molecule has 3 heteroatoms. The zero-order chi connectivity index (χ0) is 16.3. The quantitative estimate of drug-likeness (QED) is 0.832. The summed E-state index contributed by atoms with van der Waals surface area (Å²) in [4.78, 5) is 27.9. The summed E-state index contributed by atoms with van der Waals surface area (Å²) in [6, 6.07) is 5.79. The van der Waals surface area contributed by atoms with Gasteiger partial charge in [-0.2, -0.15) is 0 Å². The third-order valence-corrected chi connectivity index (χ3v) is 3.71. The SMILES string of the molecule is CC(C)(C)C(=O)CC(CC(=O)C(C)(C)C)c1cccc[nH+]1. The van der Waals surface area contributed by atoms with Gasteiger partial charge in [-0.15, -0.1) is 0 Å². The Labute approximate surface area is 128 Å². The van der Waals surface area contributed by atoms with E-state index in [-0.39, 0.29) is 28.3 Å². The summed E-state index contributed by atoms with van der Waals surface area (Å²) in [6.07, 6.45) is 2.63. The first-order valence-electron chi connectivity index (χ1n) is 7.55. The van der Waals surface area contributed by atoms with Crippen LogP contribution in [0.2, 0.25) is 0 Å². The van der Waals surface area contributed by atoms with Crippen LogP contribution in [0, 0.1) is 10.8 Å². The minimum absolute atomic E-state index is 0.0790. The van der Waals surface area contributed by atoms with Gasteiger partial charge in [0.1, 0.15) is 11.6 Å². The van der Waals surface area contributed by atoms with Gasteiger partial charge in [0.25, 0.3) is 0 Å². The Bertz CT molecular complexity index is 464. The van der Waals surface area contributed by atoms with Crippen LogP contribution >= 0.6 is 0 Å². The summed E-state index contributed by atoms with van der Waals surface area (Å²) in [5.41, 5.74) is 0.197. The maximum Gasteiger partial charge on any atom is 0.183 e. The summed E-state index contributed by atoms with van der Waals surface area (Å²) in [5, 5.41) is 0. The van der Waals surface area contributed by atoms with E-state index >= 15 is 0 Å². The number of rotatable bonds is 5. The Morgan fingerprint density at radius 1 is 0.952 bits per heavy atom. The summed E-state index contributed by atoms with van der Waals surface area (Å²) in [7, 11) is 0. The number of hydrogen-bond donors (Lipinski definition) is 0. The third kappa shape index (κ3) is 5.41. The van der Waals surface area contributed by atoms with Gasteiger partial charge in [0, 0.05) is 35.8 Å². The van der Waals surface area contributed by atoms with Crippen LogP contribution in [0.25, 0.3) is 0 Å². The van der Waals surface area contributed by atoms with Gasteiger partial charge in [-0.05, 0) is 0 Å². The lowest BCUT2D eigenvalue weighted by atomic mass is 9.79. The van der Waals surface area contributed by atoms with Gasteiger partial charge in [0.2, 0.25) is 0 Å². The van der Waals surface area contributed by atoms with Gasteiger partial charge in [0.15, 0.2) is 11.9 Å². The lowest BCUT2D eigenvalue weighted by Crippen LogP contribution is -2.29. The van der Waals surface area contributed by atoms with Crippen molar-refractivity contribution >= 4 is 11.6 Å². The largest absolute Gasteiger partial charge is 0.299 e. The Hall–Kier alpha value is -1.51. The third-order valence-electron chi connectivity index (χ3n) is 3.71. The lowest BCUT2D eigenvalue weighted by molar-refractivity contribution is -0.393. The molecule has 0 saturated carbocycles. The standard InChI is InChI=1S/C18H27NO2/c1-17(2,3)15(20)11-13(12-16(21)18(4,5)6)14-9-7-8-10-19-14/h7-10,13H,11-12H2,1-6H3/p+1. The number of Topliss-reactive ketones (excluding diaryl/α,β-unsaturated/α-hetero) is 2. The number of aromatic amines is 1. The van der Waals surface area contributed by atoms with Crippen LogP contribution in [0.3, 0.4) is 0 Å². The van der Waals surface area contributed by atoms with Gasteiger partial charge >= 0.3 is 0 Å². The lowest BCUT2D eigenvalue weighted by Gasteiger charge is -2.23. The minimum atomic E-state index is -0.377. The first kappa shape index (κ1) is 17.5. The van der Waals surface area contributed by atoms with E-state index in [1.165, 1.54) is 0 Å². The molecule has 0 fully saturated rings. The van der Waals surface area contributed by atoms with Crippen molar-refractivity contribution in [3.8, 4) is 0 Å². The summed E-state index contributed by atoms with van der Waals surface area (Å²) < 4.78 is 0. The maximum absolute atomic E-state index is 12.4. The Morgan fingerprint density at radius 2 is 1.43 bits per heavy atom. The van der Waals surface area contributed by atoms with Crippen molar-refractivity contribution in [1.82, 2.24) is 0 Å². The summed E-state index contributed by atoms with van der Waals surface area (Å²) >= 11 is 0. The van der Waals surface area contributed by atoms with E-state index < -0.39 is 0 Å². The van der Waals surface area contributed by atoms with Crippen molar-refractivity contribution in [3.63, 3.8) is 0 Å². The average Bonchev–Trinajstić information content (AvgIpc) is 2.36. The van der Waals surface area contributed by atoms with Crippen LogP contribution in [0.1, 0.15) is 66.0 Å². The van der Waals surface area contributed by atoms with Gasteiger partial charge in [-0.25, -0.2) is 4.98 Å². The van der Waals surface area contributed by atoms with Gasteiger partial charge in [0.05, 0.1) is 5.92 Å². The molecule has 3 nitrogen and oxygen atoms in total. The molecule has 0 atom stereocenters. The topological polar surface area (TPSA) is 48.3 Å². The number of nitrogens with one attached hydrogen (secondary N) is 1. The highest BCUT2D eigenvalue weighted by Crippen LogP contribution is 2.30. The summed E-state index contributed by atoms with van der Waals surface area (Å²) in [6.45, 7) is 11.5. The fourth-order valence-electron chi connectivity index (χ4n) is 2.01. The average molecular weight is 290 g/mol. The number of aromatic nitrogens is 1. The number of pyridine rings is 1. The number of hydrogen-bond acceptors (Lipinski definition) is 2. The highest BCUT2D eigenvalue weighted by atomic mass is 16.1.